The van der Waals surface area contributed by atoms with Crippen molar-refractivity contribution in [2.75, 3.05) is 13.2 Å². The molecule has 0 spiro atoms. The van der Waals surface area contributed by atoms with Gasteiger partial charge in [-0.3, -0.25) is 4.68 Å². The van der Waals surface area contributed by atoms with E-state index in [1.165, 1.54) is 0 Å². The number of hydrogen-bond acceptors (Lipinski definition) is 6. The molecule has 0 bridgehead atoms. The molecule has 2 aromatic heterocycles. The fourth-order valence-electron chi connectivity index (χ4n) is 5.64. The number of halogens is 1. The summed E-state index contributed by atoms with van der Waals surface area (Å²) in [5.74, 6) is -0.755. The Bertz CT molecular complexity index is 1780. The molecular weight excluding hydrogens is 558 g/mol. The van der Waals surface area contributed by atoms with Gasteiger partial charge in [0, 0.05) is 46.7 Å². The van der Waals surface area contributed by atoms with Crippen molar-refractivity contribution in [2.45, 2.75) is 51.7 Å². The first kappa shape index (κ1) is 27.8. The van der Waals surface area contributed by atoms with Gasteiger partial charge in [-0.2, -0.15) is 5.10 Å². The number of rotatable bonds is 6. The molecule has 0 radical (unpaired) electrons. The van der Waals surface area contributed by atoms with Crippen molar-refractivity contribution in [1.82, 2.24) is 14.8 Å². The molecule has 0 aliphatic carbocycles. The molecule has 1 unspecified atom stereocenters. The van der Waals surface area contributed by atoms with Gasteiger partial charge < -0.3 is 14.6 Å². The molecule has 1 aliphatic rings. The van der Waals surface area contributed by atoms with Crippen molar-refractivity contribution in [3.63, 3.8) is 0 Å². The average Bonchev–Trinajstić information content (AvgIpc) is 3.66. The van der Waals surface area contributed by atoms with E-state index in [1.54, 1.807) is 11.3 Å². The molecular formula is C32H32ClN3O4S. The third kappa shape index (κ3) is 5.26. The lowest BCUT2D eigenvalue weighted by Gasteiger charge is -2.28. The third-order valence-electron chi connectivity index (χ3n) is 7.46. The number of aromatic nitrogens is 3. The van der Waals surface area contributed by atoms with Gasteiger partial charge in [0.25, 0.3) is 0 Å². The molecule has 9 heteroatoms. The van der Waals surface area contributed by atoms with Crippen molar-refractivity contribution < 1.29 is 19.4 Å². The summed E-state index contributed by atoms with van der Waals surface area (Å²) in [5, 5.41) is 17.7. The van der Waals surface area contributed by atoms with E-state index in [0.717, 1.165) is 67.1 Å². The van der Waals surface area contributed by atoms with Crippen LogP contribution in [0.15, 0.2) is 48.5 Å². The summed E-state index contributed by atoms with van der Waals surface area (Å²) in [6.45, 7) is 8.96. The molecule has 7 nitrogen and oxygen atoms in total. The first-order valence-corrected chi connectivity index (χ1v) is 14.8. The lowest BCUT2D eigenvalue weighted by molar-refractivity contribution is -0.160. The number of nitrogens with zero attached hydrogens (tertiary/aromatic N) is 3. The zero-order chi connectivity index (χ0) is 29.1. The second-order valence-corrected chi connectivity index (χ2v) is 13.0. The van der Waals surface area contributed by atoms with Crippen LogP contribution >= 0.6 is 22.9 Å². The quantitative estimate of drug-likeness (QED) is 0.216. The predicted octanol–water partition coefficient (Wildman–Crippen LogP) is 7.92. The highest BCUT2D eigenvalue weighted by atomic mass is 35.5. The van der Waals surface area contributed by atoms with Gasteiger partial charge in [0.05, 0.1) is 33.6 Å². The van der Waals surface area contributed by atoms with Gasteiger partial charge in [0.15, 0.2) is 6.10 Å². The van der Waals surface area contributed by atoms with Gasteiger partial charge in [-0.25, -0.2) is 9.78 Å². The van der Waals surface area contributed by atoms with Gasteiger partial charge in [0.1, 0.15) is 5.01 Å². The molecule has 41 heavy (non-hydrogen) atoms. The monoisotopic (exact) mass is 589 g/mol. The standard InChI is InChI=1S/C32H32ClN3O4S/c1-17-14-23-29(26(18-6-9-21(33)10-7-18)25(17)28(31(37)38)40-32(2,3)4)41-30(34-23)19-8-11-24-22(15-19)27(35-36(24)5)20-12-13-39-16-20/h6-11,14-15,20,28H,12-13,16H2,1-5H3,(H,37,38)/t20?,28-/m0/s1. The molecule has 1 N–H and O–H groups in total. The third-order valence-corrected chi connectivity index (χ3v) is 8.85. The van der Waals surface area contributed by atoms with E-state index in [2.05, 4.69) is 18.2 Å². The zero-order valence-electron chi connectivity index (χ0n) is 23.7. The minimum Gasteiger partial charge on any atom is -0.479 e. The van der Waals surface area contributed by atoms with E-state index in [9.17, 15) is 9.90 Å². The number of aryl methyl sites for hydroxylation is 2. The van der Waals surface area contributed by atoms with Gasteiger partial charge in [-0.05, 0) is 81.6 Å². The molecule has 6 rings (SSSR count). The van der Waals surface area contributed by atoms with Crippen molar-refractivity contribution >= 4 is 50.0 Å². The number of hydrogen-bond donors (Lipinski definition) is 1. The number of thiazole rings is 1. The van der Waals surface area contributed by atoms with Crippen LogP contribution in [0.4, 0.5) is 0 Å². The Morgan fingerprint density at radius 2 is 1.90 bits per heavy atom. The van der Waals surface area contributed by atoms with E-state index < -0.39 is 17.7 Å². The fourth-order valence-corrected chi connectivity index (χ4v) is 6.89. The predicted molar refractivity (Wildman–Crippen MR) is 164 cm³/mol. The molecule has 1 saturated heterocycles. The number of aliphatic carboxylic acids is 1. The summed E-state index contributed by atoms with van der Waals surface area (Å²) >= 11 is 7.79. The Morgan fingerprint density at radius 1 is 1.17 bits per heavy atom. The maximum absolute atomic E-state index is 12.6. The first-order chi connectivity index (χ1) is 19.5. The van der Waals surface area contributed by atoms with E-state index >= 15 is 0 Å². The molecule has 2 atom stereocenters. The Kier molecular flexibility index (Phi) is 7.14. The summed E-state index contributed by atoms with van der Waals surface area (Å²) in [4.78, 5) is 17.7. The van der Waals surface area contributed by atoms with Gasteiger partial charge >= 0.3 is 5.97 Å². The molecule has 0 saturated carbocycles. The highest BCUT2D eigenvalue weighted by Gasteiger charge is 2.32. The van der Waals surface area contributed by atoms with Gasteiger partial charge in [0.2, 0.25) is 0 Å². The van der Waals surface area contributed by atoms with Crippen LogP contribution in [0.1, 0.15) is 56.0 Å². The zero-order valence-corrected chi connectivity index (χ0v) is 25.3. The minimum absolute atomic E-state index is 0.279. The molecule has 1 aliphatic heterocycles. The summed E-state index contributed by atoms with van der Waals surface area (Å²) in [7, 11) is 1.97. The normalized spacial score (nSPS) is 16.6. The second-order valence-electron chi connectivity index (χ2n) is 11.6. The van der Waals surface area contributed by atoms with E-state index in [-0.39, 0.29) is 5.92 Å². The Labute approximate surface area is 247 Å². The van der Waals surface area contributed by atoms with Crippen LogP contribution in [0.5, 0.6) is 0 Å². The summed E-state index contributed by atoms with van der Waals surface area (Å²) < 4.78 is 14.6. The van der Waals surface area contributed by atoms with Gasteiger partial charge in [-0.15, -0.1) is 11.3 Å². The van der Waals surface area contributed by atoms with Crippen LogP contribution in [-0.4, -0.2) is 44.7 Å². The smallest absolute Gasteiger partial charge is 0.337 e. The van der Waals surface area contributed by atoms with Crippen LogP contribution in [0.3, 0.4) is 0 Å². The van der Waals surface area contributed by atoms with Crippen molar-refractivity contribution in [3.8, 4) is 21.7 Å². The maximum Gasteiger partial charge on any atom is 0.337 e. The summed E-state index contributed by atoms with van der Waals surface area (Å²) in [6.07, 6.45) is -0.190. The Balaban J connectivity index is 1.57. The Morgan fingerprint density at radius 3 is 2.56 bits per heavy atom. The minimum atomic E-state index is -1.15. The maximum atomic E-state index is 12.6. The molecule has 1 fully saturated rings. The molecule has 5 aromatic rings. The number of carbonyl (C=O) groups is 1. The van der Waals surface area contributed by atoms with Crippen molar-refractivity contribution in [1.29, 1.82) is 0 Å². The topological polar surface area (TPSA) is 86.5 Å². The highest BCUT2D eigenvalue weighted by Crippen LogP contribution is 2.45. The van der Waals surface area contributed by atoms with E-state index in [0.29, 0.717) is 17.2 Å². The average molecular weight is 590 g/mol. The van der Waals surface area contributed by atoms with Crippen LogP contribution in [0.25, 0.3) is 42.8 Å². The molecule has 3 aromatic carbocycles. The largest absolute Gasteiger partial charge is 0.479 e. The SMILES string of the molecule is Cc1cc2nc(-c3ccc4c(c3)c(C3CCOC3)nn4C)sc2c(-c2ccc(Cl)cc2)c1[C@H](OC(C)(C)C)C(=O)O. The molecule has 3 heterocycles. The van der Waals surface area contributed by atoms with Gasteiger partial charge in [-0.1, -0.05) is 23.7 Å². The Hall–Kier alpha value is -3.30. The number of benzene rings is 3. The first-order valence-electron chi connectivity index (χ1n) is 13.7. The lowest BCUT2D eigenvalue weighted by atomic mass is 9.91. The van der Waals surface area contributed by atoms with Crippen LogP contribution in [0, 0.1) is 6.92 Å². The summed E-state index contributed by atoms with van der Waals surface area (Å²) in [6, 6.07) is 15.8. The van der Waals surface area contributed by atoms with E-state index in [4.69, 9.17) is 31.2 Å². The summed E-state index contributed by atoms with van der Waals surface area (Å²) in [5.41, 5.74) is 6.38. The number of carboxylic acids is 1. The lowest BCUT2D eigenvalue weighted by Crippen LogP contribution is -2.28. The van der Waals surface area contributed by atoms with Crippen LogP contribution in [0.2, 0.25) is 5.02 Å². The number of fused-ring (bicyclic) bond motifs is 2. The fraction of sp³-hybridized carbons (Fsp3) is 0.344. The van der Waals surface area contributed by atoms with Crippen molar-refractivity contribution in [3.05, 3.63) is 70.4 Å². The van der Waals surface area contributed by atoms with E-state index in [1.807, 2.05) is 69.8 Å². The van der Waals surface area contributed by atoms with Crippen LogP contribution < -0.4 is 0 Å². The molecule has 0 amide bonds. The second kappa shape index (κ2) is 10.5. The van der Waals surface area contributed by atoms with Crippen molar-refractivity contribution in [2.24, 2.45) is 7.05 Å². The number of ether oxygens (including phenoxy) is 2. The molecule has 212 valence electrons. The number of carboxylic acid groups (broad SMARTS) is 1. The highest BCUT2D eigenvalue weighted by molar-refractivity contribution is 7.22. The van der Waals surface area contributed by atoms with Crippen LogP contribution in [-0.2, 0) is 21.3 Å².